The Bertz CT molecular complexity index is 2060. The van der Waals surface area contributed by atoms with Gasteiger partial charge >= 0.3 is 0 Å². The summed E-state index contributed by atoms with van der Waals surface area (Å²) in [5.74, 6) is 0.841. The zero-order chi connectivity index (χ0) is 39.6. The van der Waals surface area contributed by atoms with Gasteiger partial charge in [0.2, 0.25) is 11.8 Å². The topological polar surface area (TPSA) is 109 Å². The minimum Gasteiger partial charge on any atom is -0.497 e. The number of carbonyl (C=O) groups is 3. The van der Waals surface area contributed by atoms with Crippen molar-refractivity contribution in [1.29, 1.82) is 0 Å². The Morgan fingerprint density at radius 1 is 0.911 bits per heavy atom. The normalized spacial score (nSPS) is 22.1. The molecule has 3 aliphatic rings. The van der Waals surface area contributed by atoms with Crippen LogP contribution in [0.4, 0.5) is 11.4 Å². The molecule has 1 N–H and O–H groups in total. The highest BCUT2D eigenvalue weighted by Gasteiger charge is 2.66. The molecule has 3 amide bonds. The molecule has 0 bridgehead atoms. The molecule has 1 spiro atoms. The van der Waals surface area contributed by atoms with E-state index in [0.717, 1.165) is 46.7 Å². The van der Waals surface area contributed by atoms with Crippen molar-refractivity contribution in [3.63, 3.8) is 0 Å². The largest absolute Gasteiger partial charge is 0.497 e. The zero-order valence-electron chi connectivity index (χ0n) is 33.1. The lowest BCUT2D eigenvalue weighted by molar-refractivity contribution is -0.150. The summed E-state index contributed by atoms with van der Waals surface area (Å²) in [7, 11) is 0.723. The van der Waals surface area contributed by atoms with Gasteiger partial charge in [0.05, 0.1) is 53.7 Å². The number of amides is 3. The van der Waals surface area contributed by atoms with E-state index in [2.05, 4.69) is 32.2 Å². The molecule has 56 heavy (non-hydrogen) atoms. The van der Waals surface area contributed by atoms with Gasteiger partial charge in [0, 0.05) is 43.2 Å². The van der Waals surface area contributed by atoms with E-state index in [4.69, 9.17) is 14.2 Å². The number of rotatable bonds is 13. The number of aliphatic hydroxyl groups is 1. The molecule has 7 rings (SSSR count). The molecule has 4 atom stereocenters. The average molecular weight is 776 g/mol. The van der Waals surface area contributed by atoms with Crippen LogP contribution in [0, 0.1) is 5.92 Å². The van der Waals surface area contributed by atoms with Crippen molar-refractivity contribution < 1.29 is 33.7 Å². The van der Waals surface area contributed by atoms with Gasteiger partial charge in [0.1, 0.15) is 11.5 Å². The van der Waals surface area contributed by atoms with Crippen molar-refractivity contribution in [3.05, 3.63) is 114 Å². The fourth-order valence-corrected chi connectivity index (χ4v) is 13.4. The second kappa shape index (κ2) is 16.2. The third-order valence-electron chi connectivity index (χ3n) is 12.2. The van der Waals surface area contributed by atoms with Gasteiger partial charge in [-0.1, -0.05) is 79.8 Å². The van der Waals surface area contributed by atoms with E-state index in [1.54, 1.807) is 24.0 Å². The number of carbonyl (C=O) groups excluding carboxylic acids is 3. The van der Waals surface area contributed by atoms with Crippen LogP contribution < -0.4 is 24.5 Å². The number of benzene rings is 4. The summed E-state index contributed by atoms with van der Waals surface area (Å²) < 4.78 is 18.5. The van der Waals surface area contributed by atoms with Crippen LogP contribution in [-0.4, -0.2) is 75.8 Å². The van der Waals surface area contributed by atoms with Crippen LogP contribution in [0.15, 0.2) is 97.1 Å². The first-order valence-corrected chi connectivity index (χ1v) is 22.7. The highest BCUT2D eigenvalue weighted by atomic mass is 28.3. The Hall–Kier alpha value is -4.97. The van der Waals surface area contributed by atoms with Crippen LogP contribution in [-0.2, 0) is 37.8 Å². The lowest BCUT2D eigenvalue weighted by Gasteiger charge is -2.37. The molecular formula is C45H53N3O7Si. The first kappa shape index (κ1) is 39.3. The fraction of sp³-hybridized carbons (Fsp3) is 0.400. The lowest BCUT2D eigenvalue weighted by atomic mass is 9.82. The van der Waals surface area contributed by atoms with Gasteiger partial charge < -0.3 is 34.0 Å². The second-order valence-corrected chi connectivity index (χ2v) is 20.5. The van der Waals surface area contributed by atoms with Crippen LogP contribution in [0.1, 0.15) is 49.3 Å². The van der Waals surface area contributed by atoms with E-state index >= 15 is 4.79 Å². The van der Waals surface area contributed by atoms with E-state index in [1.807, 2.05) is 89.8 Å². The molecule has 10 nitrogen and oxygen atoms in total. The van der Waals surface area contributed by atoms with Crippen molar-refractivity contribution in [2.45, 2.75) is 76.0 Å². The van der Waals surface area contributed by atoms with E-state index in [0.29, 0.717) is 25.3 Å². The molecule has 294 valence electrons. The smallest absolute Gasteiger partial charge is 0.264 e. The molecule has 3 aliphatic heterocycles. The predicted molar refractivity (Wildman–Crippen MR) is 220 cm³/mol. The Labute approximate surface area is 331 Å². The molecule has 4 aromatic rings. The molecule has 0 aliphatic carbocycles. The number of aliphatic hydroxyl groups excluding tert-OH is 1. The SMILES string of the molecule is COc1ccc([Si](C)(C)[C@H]2[C@H](CC(=O)N(CCO)Cc3ccccc3)O[C@@]3(C(=O)N(Cc4cccc(N5CCCCC5=O)c4)c4ccc(OC)cc43)[C@@H]2C)cc1. The summed E-state index contributed by atoms with van der Waals surface area (Å²) in [6, 6.07) is 31.5. The summed E-state index contributed by atoms with van der Waals surface area (Å²) in [6.07, 6.45) is 1.84. The number of anilines is 2. The van der Waals surface area contributed by atoms with Crippen molar-refractivity contribution in [3.8, 4) is 11.5 Å². The number of hydrogen-bond donors (Lipinski definition) is 1. The molecule has 4 aromatic carbocycles. The summed E-state index contributed by atoms with van der Waals surface area (Å²) in [6.45, 7) is 8.01. The molecule has 2 saturated heterocycles. The quantitative estimate of drug-likeness (QED) is 0.157. The molecule has 0 saturated carbocycles. The van der Waals surface area contributed by atoms with E-state index < -0.39 is 19.8 Å². The first-order valence-electron chi connectivity index (χ1n) is 19.7. The second-order valence-electron chi connectivity index (χ2n) is 15.8. The van der Waals surface area contributed by atoms with Gasteiger partial charge in [-0.15, -0.1) is 0 Å². The molecule has 0 radical (unpaired) electrons. The standard InChI is InChI=1S/C45H53N3O7Si/c1-31-43(56(4,5)37-20-17-35(53-2)18-21-37)40(28-42(51)46(24-25-49)29-32-12-7-6-8-13-32)55-45(31)38-27-36(54-3)19-22-39(38)48(44(45)52)30-33-14-11-15-34(26-33)47-23-10-9-16-41(47)50/h6-8,11-15,17-22,26-27,31,40,43,49H,9-10,16,23-25,28-30H2,1-5H3/t31-,40+,43-,45+/m1/s1. The molecule has 11 heteroatoms. The molecule has 3 heterocycles. The molecule has 0 aromatic heterocycles. The van der Waals surface area contributed by atoms with Crippen LogP contribution in [0.3, 0.4) is 0 Å². The highest BCUT2D eigenvalue weighted by molar-refractivity contribution is 6.91. The van der Waals surface area contributed by atoms with Gasteiger partial charge in [-0.25, -0.2) is 0 Å². The number of nitrogens with zero attached hydrogens (tertiary/aromatic N) is 3. The van der Waals surface area contributed by atoms with Crippen molar-refractivity contribution >= 4 is 42.4 Å². The number of hydrogen-bond acceptors (Lipinski definition) is 7. The van der Waals surface area contributed by atoms with E-state index in [9.17, 15) is 14.7 Å². The van der Waals surface area contributed by atoms with Gasteiger partial charge in [-0.3, -0.25) is 14.4 Å². The maximum atomic E-state index is 15.4. The maximum Gasteiger partial charge on any atom is 0.264 e. The number of fused-ring (bicyclic) bond motifs is 2. The molecule has 2 fully saturated rings. The van der Waals surface area contributed by atoms with Gasteiger partial charge in [-0.2, -0.15) is 0 Å². The van der Waals surface area contributed by atoms with Crippen molar-refractivity contribution in [1.82, 2.24) is 4.90 Å². The van der Waals surface area contributed by atoms with Crippen LogP contribution >= 0.6 is 0 Å². The predicted octanol–water partition coefficient (Wildman–Crippen LogP) is 6.39. The number of ether oxygens (including phenoxy) is 3. The first-order chi connectivity index (χ1) is 27.0. The molecular weight excluding hydrogens is 723 g/mol. The minimum absolute atomic E-state index is 0.0503. The average Bonchev–Trinajstić information content (AvgIpc) is 3.63. The van der Waals surface area contributed by atoms with Crippen molar-refractivity contribution in [2.24, 2.45) is 5.92 Å². The maximum absolute atomic E-state index is 15.4. The van der Waals surface area contributed by atoms with E-state index in [1.165, 1.54) is 5.19 Å². The summed E-state index contributed by atoms with van der Waals surface area (Å²) in [5, 5.41) is 11.2. The Kier molecular flexibility index (Phi) is 11.4. The third kappa shape index (κ3) is 7.23. The Morgan fingerprint density at radius 2 is 1.62 bits per heavy atom. The van der Waals surface area contributed by atoms with Gasteiger partial charge in [0.15, 0.2) is 5.60 Å². The van der Waals surface area contributed by atoms with Crippen LogP contribution in [0.5, 0.6) is 11.5 Å². The van der Waals surface area contributed by atoms with E-state index in [-0.39, 0.29) is 55.3 Å². The number of methoxy groups -OCH3 is 2. The fourth-order valence-electron chi connectivity index (χ4n) is 9.38. The summed E-state index contributed by atoms with van der Waals surface area (Å²) in [5.41, 5.74) is 2.61. The van der Waals surface area contributed by atoms with Crippen LogP contribution in [0.2, 0.25) is 18.6 Å². The van der Waals surface area contributed by atoms with Gasteiger partial charge in [0.25, 0.3) is 5.91 Å². The highest BCUT2D eigenvalue weighted by Crippen LogP contribution is 2.60. The summed E-state index contributed by atoms with van der Waals surface area (Å²) >= 11 is 0. The third-order valence-corrected chi connectivity index (χ3v) is 16.6. The minimum atomic E-state index is -2.54. The van der Waals surface area contributed by atoms with Gasteiger partial charge in [-0.05, 0) is 72.0 Å². The van der Waals surface area contributed by atoms with Crippen LogP contribution in [0.25, 0.3) is 0 Å². The lowest BCUT2D eigenvalue weighted by Crippen LogP contribution is -2.52. The monoisotopic (exact) mass is 775 g/mol. The zero-order valence-corrected chi connectivity index (χ0v) is 34.1. The number of piperidine rings is 1. The van der Waals surface area contributed by atoms with Crippen molar-refractivity contribution in [2.75, 3.05) is 43.7 Å². The summed E-state index contributed by atoms with van der Waals surface area (Å²) in [4.78, 5) is 48.0. The Morgan fingerprint density at radius 3 is 2.32 bits per heavy atom. The Balaban J connectivity index is 1.29. The molecule has 0 unspecified atom stereocenters.